The molecular formula is C21H28O5Si. The van der Waals surface area contributed by atoms with Crippen LogP contribution in [0.2, 0.25) is 5.04 Å². The van der Waals surface area contributed by atoms with Crippen molar-refractivity contribution in [2.75, 3.05) is 6.61 Å². The second kappa shape index (κ2) is 7.83. The number of ether oxygens (including phenoxy) is 1. The lowest BCUT2D eigenvalue weighted by atomic mass is 10.1. The summed E-state index contributed by atoms with van der Waals surface area (Å²) in [5, 5.41) is 31.7. The SMILES string of the molecule is CC(C)(C)[Si](OC[C@H]1OC(O)[C@@H](O)[C@@H]1O)(c1ccccc1)c1ccccc1. The van der Waals surface area contributed by atoms with Gasteiger partial charge < -0.3 is 24.5 Å². The van der Waals surface area contributed by atoms with Crippen LogP contribution < -0.4 is 10.4 Å². The molecule has 0 saturated carbocycles. The largest absolute Gasteiger partial charge is 0.405 e. The molecule has 5 nitrogen and oxygen atoms in total. The van der Waals surface area contributed by atoms with E-state index in [4.69, 9.17) is 9.16 Å². The Hall–Kier alpha value is -1.54. The Labute approximate surface area is 161 Å². The third-order valence-corrected chi connectivity index (χ3v) is 10.2. The van der Waals surface area contributed by atoms with Crippen molar-refractivity contribution >= 4 is 18.7 Å². The number of aliphatic hydroxyl groups excluding tert-OH is 3. The summed E-state index contributed by atoms with van der Waals surface area (Å²) in [5.41, 5.74) is 0. The van der Waals surface area contributed by atoms with Crippen LogP contribution in [0.1, 0.15) is 20.8 Å². The summed E-state index contributed by atoms with van der Waals surface area (Å²) in [7, 11) is -2.74. The predicted octanol–water partition coefficient (Wildman–Crippen LogP) is 1.00. The lowest BCUT2D eigenvalue weighted by Crippen LogP contribution is -2.67. The molecule has 1 aliphatic heterocycles. The fourth-order valence-corrected chi connectivity index (χ4v) is 8.41. The first-order valence-electron chi connectivity index (χ1n) is 9.22. The van der Waals surface area contributed by atoms with Crippen LogP contribution in [-0.2, 0) is 9.16 Å². The fraction of sp³-hybridized carbons (Fsp3) is 0.429. The molecule has 1 heterocycles. The molecule has 0 aliphatic carbocycles. The normalized spacial score (nSPS) is 26.3. The van der Waals surface area contributed by atoms with Gasteiger partial charge in [0.2, 0.25) is 0 Å². The Morgan fingerprint density at radius 3 is 1.70 bits per heavy atom. The van der Waals surface area contributed by atoms with Gasteiger partial charge in [0.1, 0.15) is 18.3 Å². The van der Waals surface area contributed by atoms with Gasteiger partial charge in [-0.05, 0) is 15.4 Å². The summed E-state index contributed by atoms with van der Waals surface area (Å²) in [6, 6.07) is 20.3. The zero-order valence-electron chi connectivity index (χ0n) is 15.9. The smallest absolute Gasteiger partial charge is 0.261 e. The highest BCUT2D eigenvalue weighted by Gasteiger charge is 2.51. The fourth-order valence-electron chi connectivity index (χ4n) is 3.84. The third kappa shape index (κ3) is 3.74. The molecule has 0 spiro atoms. The quantitative estimate of drug-likeness (QED) is 0.666. The van der Waals surface area contributed by atoms with E-state index in [1.54, 1.807) is 0 Å². The molecular weight excluding hydrogens is 360 g/mol. The molecule has 2 aromatic carbocycles. The van der Waals surface area contributed by atoms with E-state index in [0.29, 0.717) is 0 Å². The van der Waals surface area contributed by atoms with Crippen molar-refractivity contribution in [3.05, 3.63) is 60.7 Å². The number of aliphatic hydroxyl groups is 3. The van der Waals surface area contributed by atoms with E-state index in [1.807, 2.05) is 36.4 Å². The van der Waals surface area contributed by atoms with E-state index < -0.39 is 32.9 Å². The van der Waals surface area contributed by atoms with Gasteiger partial charge >= 0.3 is 0 Å². The second-order valence-corrected chi connectivity index (χ2v) is 12.3. The molecule has 4 atom stereocenters. The highest BCUT2D eigenvalue weighted by atomic mass is 28.4. The number of hydrogen-bond donors (Lipinski definition) is 3. The molecule has 2 aromatic rings. The summed E-state index contributed by atoms with van der Waals surface area (Å²) in [6.07, 6.45) is -4.68. The molecule has 0 amide bonds. The number of rotatable bonds is 5. The zero-order chi connectivity index (χ0) is 19.7. The van der Waals surface area contributed by atoms with Gasteiger partial charge in [0, 0.05) is 0 Å². The lowest BCUT2D eigenvalue weighted by molar-refractivity contribution is -0.132. The van der Waals surface area contributed by atoms with Gasteiger partial charge in [-0.1, -0.05) is 81.4 Å². The first kappa shape index (κ1) is 20.2. The van der Waals surface area contributed by atoms with Crippen LogP contribution in [0, 0.1) is 0 Å². The van der Waals surface area contributed by atoms with Crippen molar-refractivity contribution in [3.8, 4) is 0 Å². The molecule has 3 rings (SSSR count). The molecule has 3 N–H and O–H groups in total. The van der Waals surface area contributed by atoms with Gasteiger partial charge in [0.25, 0.3) is 8.32 Å². The molecule has 1 saturated heterocycles. The molecule has 0 radical (unpaired) electrons. The van der Waals surface area contributed by atoms with Gasteiger partial charge in [0.05, 0.1) is 6.61 Å². The first-order chi connectivity index (χ1) is 12.8. The summed E-state index contributed by atoms with van der Waals surface area (Å²) in [5.74, 6) is 0. The van der Waals surface area contributed by atoms with Gasteiger partial charge in [0.15, 0.2) is 6.29 Å². The van der Waals surface area contributed by atoms with Crippen LogP contribution in [-0.4, -0.2) is 54.8 Å². The summed E-state index contributed by atoms with van der Waals surface area (Å²) in [6.45, 7) is 6.57. The molecule has 27 heavy (non-hydrogen) atoms. The van der Waals surface area contributed by atoms with E-state index >= 15 is 0 Å². The van der Waals surface area contributed by atoms with E-state index in [9.17, 15) is 15.3 Å². The van der Waals surface area contributed by atoms with Crippen LogP contribution in [0.25, 0.3) is 0 Å². The maximum atomic E-state index is 10.2. The lowest BCUT2D eigenvalue weighted by Gasteiger charge is -2.43. The minimum Gasteiger partial charge on any atom is -0.405 e. The Balaban J connectivity index is 2.02. The van der Waals surface area contributed by atoms with Crippen LogP contribution >= 0.6 is 0 Å². The number of hydrogen-bond acceptors (Lipinski definition) is 5. The maximum Gasteiger partial charge on any atom is 0.261 e. The third-order valence-electron chi connectivity index (χ3n) is 5.22. The van der Waals surface area contributed by atoms with E-state index in [1.165, 1.54) is 0 Å². The van der Waals surface area contributed by atoms with E-state index in [0.717, 1.165) is 10.4 Å². The highest BCUT2D eigenvalue weighted by molar-refractivity contribution is 6.99. The standard InChI is InChI=1S/C21H28O5Si/c1-21(2,3)27(15-10-6-4-7-11-15,16-12-8-5-9-13-16)25-14-17-18(22)19(23)20(24)26-17/h4-13,17-20,22-24H,14H2,1-3H3/t17-,18-,19+,20?/m1/s1. The van der Waals surface area contributed by atoms with Crippen molar-refractivity contribution < 1.29 is 24.5 Å². The first-order valence-corrected chi connectivity index (χ1v) is 11.1. The minimum absolute atomic E-state index is 0.0859. The van der Waals surface area contributed by atoms with Gasteiger partial charge in [-0.3, -0.25) is 0 Å². The summed E-state index contributed by atoms with van der Waals surface area (Å²) < 4.78 is 12.0. The van der Waals surface area contributed by atoms with Gasteiger partial charge in [-0.2, -0.15) is 0 Å². The number of benzene rings is 2. The minimum atomic E-state index is -2.74. The van der Waals surface area contributed by atoms with Crippen molar-refractivity contribution in [3.63, 3.8) is 0 Å². The van der Waals surface area contributed by atoms with Gasteiger partial charge in [-0.25, -0.2) is 0 Å². The zero-order valence-corrected chi connectivity index (χ0v) is 16.9. The Morgan fingerprint density at radius 2 is 1.33 bits per heavy atom. The van der Waals surface area contributed by atoms with Crippen molar-refractivity contribution in [1.82, 2.24) is 0 Å². The highest BCUT2D eigenvalue weighted by Crippen LogP contribution is 2.37. The van der Waals surface area contributed by atoms with Crippen LogP contribution in [0.3, 0.4) is 0 Å². The molecule has 1 aliphatic rings. The molecule has 1 fully saturated rings. The summed E-state index contributed by atoms with van der Waals surface area (Å²) in [4.78, 5) is 0. The van der Waals surface area contributed by atoms with Crippen LogP contribution in [0.15, 0.2) is 60.7 Å². The van der Waals surface area contributed by atoms with E-state index in [2.05, 4.69) is 45.0 Å². The van der Waals surface area contributed by atoms with Crippen molar-refractivity contribution in [1.29, 1.82) is 0 Å². The average molecular weight is 389 g/mol. The molecule has 146 valence electrons. The molecule has 6 heteroatoms. The second-order valence-electron chi connectivity index (χ2n) is 8.02. The predicted molar refractivity (Wildman–Crippen MR) is 106 cm³/mol. The Morgan fingerprint density at radius 1 is 0.852 bits per heavy atom. The van der Waals surface area contributed by atoms with Crippen molar-refractivity contribution in [2.24, 2.45) is 0 Å². The Kier molecular flexibility index (Phi) is 5.86. The monoisotopic (exact) mass is 388 g/mol. The topological polar surface area (TPSA) is 79.2 Å². The average Bonchev–Trinajstić information content (AvgIpc) is 2.90. The van der Waals surface area contributed by atoms with Crippen LogP contribution in [0.5, 0.6) is 0 Å². The summed E-state index contributed by atoms with van der Waals surface area (Å²) >= 11 is 0. The van der Waals surface area contributed by atoms with Crippen molar-refractivity contribution in [2.45, 2.75) is 50.4 Å². The van der Waals surface area contributed by atoms with Gasteiger partial charge in [-0.15, -0.1) is 0 Å². The molecule has 0 bridgehead atoms. The maximum absolute atomic E-state index is 10.2. The van der Waals surface area contributed by atoms with E-state index in [-0.39, 0.29) is 11.6 Å². The van der Waals surface area contributed by atoms with Crippen LogP contribution in [0.4, 0.5) is 0 Å². The molecule has 0 aromatic heterocycles. The Bertz CT molecular complexity index is 692. The molecule has 1 unspecified atom stereocenters.